The van der Waals surface area contributed by atoms with Gasteiger partial charge in [0, 0.05) is 0 Å². The van der Waals surface area contributed by atoms with Crippen molar-refractivity contribution in [2.24, 2.45) is 5.73 Å². The second-order valence-corrected chi connectivity index (χ2v) is 3.11. The van der Waals surface area contributed by atoms with Crippen molar-refractivity contribution in [3.63, 3.8) is 0 Å². The minimum Gasteiger partial charge on any atom is -0.481 e. The van der Waals surface area contributed by atoms with Gasteiger partial charge in [0.2, 0.25) is 0 Å². The van der Waals surface area contributed by atoms with Crippen LogP contribution in [0.3, 0.4) is 0 Å². The number of carbonyl (C=O) groups is 4. The van der Waals surface area contributed by atoms with Crippen LogP contribution in [0.2, 0.25) is 0 Å². The topological polar surface area (TPSA) is 216 Å². The third-order valence-corrected chi connectivity index (χ3v) is 1.52. The fraction of sp³-hybridized carbons (Fsp3) is 0.500. The maximum absolute atomic E-state index is 9.85. The van der Waals surface area contributed by atoms with Crippen LogP contribution in [0.4, 0.5) is 0 Å². The summed E-state index contributed by atoms with van der Waals surface area (Å²) < 4.78 is 0. The molecule has 0 spiro atoms. The maximum atomic E-state index is 9.85. The van der Waals surface area contributed by atoms with Gasteiger partial charge >= 0.3 is 23.9 Å². The summed E-state index contributed by atoms with van der Waals surface area (Å²) in [7, 11) is 0. The minimum absolute atomic E-state index is 0.532. The summed E-state index contributed by atoms with van der Waals surface area (Å²) in [5, 5.41) is 48.6. The number of hydrogen-bond donors (Lipinski definition) is 7. The Kier molecular flexibility index (Phi) is 8.84. The zero-order valence-electron chi connectivity index (χ0n) is 9.33. The molecule has 0 saturated heterocycles. The molecular formula is C8H13NO10. The first-order valence-electron chi connectivity index (χ1n) is 4.52. The molecule has 19 heavy (non-hydrogen) atoms. The van der Waals surface area contributed by atoms with Crippen LogP contribution in [-0.2, 0) is 19.2 Å². The molecule has 0 saturated carbocycles. The lowest BCUT2D eigenvalue weighted by Gasteiger charge is -2.07. The number of hydrogen-bond acceptors (Lipinski definition) is 7. The highest BCUT2D eigenvalue weighted by molar-refractivity contribution is 5.83. The highest BCUT2D eigenvalue weighted by Crippen LogP contribution is 1.92. The van der Waals surface area contributed by atoms with Crippen LogP contribution in [0.15, 0.2) is 0 Å². The standard InChI is InChI=1S/C4H7NO4.C4H6O6/c5-2(4(8)9)1-3(6)7;5-1(3(7)8)2(6)4(9)10/h2H,1,5H2,(H,6,7)(H,8,9);1-2,5-6H,(H,7,8)(H,9,10). The molecule has 0 aliphatic heterocycles. The van der Waals surface area contributed by atoms with Crippen molar-refractivity contribution < 1.29 is 49.8 Å². The Bertz CT molecular complexity index is 335. The second kappa shape index (κ2) is 8.79. The van der Waals surface area contributed by atoms with E-state index >= 15 is 0 Å². The zero-order chi connectivity index (χ0) is 15.7. The van der Waals surface area contributed by atoms with E-state index in [1.54, 1.807) is 0 Å². The van der Waals surface area contributed by atoms with E-state index in [9.17, 15) is 19.2 Å². The van der Waals surface area contributed by atoms with Gasteiger partial charge in [0.1, 0.15) is 6.04 Å². The summed E-state index contributed by atoms with van der Waals surface area (Å²) in [6.45, 7) is 0. The first kappa shape index (κ1) is 19.1. The van der Waals surface area contributed by atoms with Crippen LogP contribution < -0.4 is 5.73 Å². The van der Waals surface area contributed by atoms with E-state index < -0.39 is 48.5 Å². The molecule has 3 unspecified atom stereocenters. The summed E-state index contributed by atoms with van der Waals surface area (Å²) in [5.41, 5.74) is 4.84. The fourth-order valence-electron chi connectivity index (χ4n) is 0.546. The van der Waals surface area contributed by atoms with E-state index in [0.717, 1.165) is 0 Å². The highest BCUT2D eigenvalue weighted by atomic mass is 16.4. The van der Waals surface area contributed by atoms with Crippen molar-refractivity contribution >= 4 is 23.9 Å². The average Bonchev–Trinajstić information content (AvgIpc) is 2.26. The first-order valence-corrected chi connectivity index (χ1v) is 4.52. The summed E-state index contributed by atoms with van der Waals surface area (Å²) in [4.78, 5) is 39.2. The van der Waals surface area contributed by atoms with Crippen molar-refractivity contribution in [2.45, 2.75) is 24.7 Å². The Morgan fingerprint density at radius 1 is 0.789 bits per heavy atom. The van der Waals surface area contributed by atoms with Gasteiger partial charge in [0.15, 0.2) is 12.2 Å². The smallest absolute Gasteiger partial charge is 0.335 e. The second-order valence-electron chi connectivity index (χ2n) is 3.11. The number of carboxylic acid groups (broad SMARTS) is 4. The molecule has 0 amide bonds. The molecule has 0 heterocycles. The van der Waals surface area contributed by atoms with Crippen molar-refractivity contribution in [3.05, 3.63) is 0 Å². The molecule has 8 N–H and O–H groups in total. The van der Waals surface area contributed by atoms with Crippen LogP contribution in [0.5, 0.6) is 0 Å². The lowest BCUT2D eigenvalue weighted by atomic mass is 10.2. The van der Waals surface area contributed by atoms with Gasteiger partial charge in [-0.25, -0.2) is 9.59 Å². The van der Waals surface area contributed by atoms with Gasteiger partial charge in [-0.3, -0.25) is 9.59 Å². The number of aliphatic hydroxyl groups is 2. The molecule has 11 heteroatoms. The molecule has 0 bridgehead atoms. The van der Waals surface area contributed by atoms with Crippen molar-refractivity contribution in [3.8, 4) is 0 Å². The number of rotatable bonds is 6. The molecule has 0 aromatic heterocycles. The average molecular weight is 283 g/mol. The van der Waals surface area contributed by atoms with Gasteiger partial charge < -0.3 is 36.4 Å². The van der Waals surface area contributed by atoms with E-state index in [-0.39, 0.29) is 0 Å². The number of aliphatic hydroxyl groups excluding tert-OH is 2. The molecular weight excluding hydrogens is 270 g/mol. The van der Waals surface area contributed by atoms with Gasteiger partial charge in [-0.15, -0.1) is 0 Å². The van der Waals surface area contributed by atoms with E-state index in [1.165, 1.54) is 0 Å². The van der Waals surface area contributed by atoms with Crippen LogP contribution in [0.25, 0.3) is 0 Å². The molecule has 110 valence electrons. The normalized spacial score (nSPS) is 14.3. The van der Waals surface area contributed by atoms with Gasteiger partial charge in [0.05, 0.1) is 6.42 Å². The summed E-state index contributed by atoms with van der Waals surface area (Å²) >= 11 is 0. The van der Waals surface area contributed by atoms with Gasteiger partial charge in [-0.1, -0.05) is 0 Å². The van der Waals surface area contributed by atoms with Gasteiger partial charge in [-0.2, -0.15) is 0 Å². The monoisotopic (exact) mass is 283 g/mol. The molecule has 11 nitrogen and oxygen atoms in total. The van der Waals surface area contributed by atoms with Crippen LogP contribution in [0.1, 0.15) is 6.42 Å². The molecule has 0 radical (unpaired) electrons. The Labute approximate surface area is 105 Å². The maximum Gasteiger partial charge on any atom is 0.335 e. The molecule has 3 atom stereocenters. The van der Waals surface area contributed by atoms with E-state index in [4.69, 9.17) is 36.4 Å². The number of carboxylic acids is 4. The SMILES string of the molecule is NC(CC(=O)O)C(=O)O.O=C(O)C(O)C(O)C(=O)O. The van der Waals surface area contributed by atoms with Crippen LogP contribution in [0, 0.1) is 0 Å². The summed E-state index contributed by atoms with van der Waals surface area (Å²) in [6.07, 6.45) is -5.06. The Morgan fingerprint density at radius 3 is 1.21 bits per heavy atom. The van der Waals surface area contributed by atoms with E-state index in [1.807, 2.05) is 0 Å². The van der Waals surface area contributed by atoms with Crippen LogP contribution >= 0.6 is 0 Å². The van der Waals surface area contributed by atoms with Gasteiger partial charge in [-0.05, 0) is 0 Å². The Hall–Kier alpha value is -2.24. The largest absolute Gasteiger partial charge is 0.481 e. The van der Waals surface area contributed by atoms with Crippen molar-refractivity contribution in [1.29, 1.82) is 0 Å². The number of nitrogens with two attached hydrogens (primary N) is 1. The molecule has 0 aromatic rings. The minimum atomic E-state index is -2.27. The number of aliphatic carboxylic acids is 4. The quantitative estimate of drug-likeness (QED) is 0.256. The molecule has 0 aromatic carbocycles. The summed E-state index contributed by atoms with van der Waals surface area (Å²) in [6, 6.07) is -1.29. The lowest BCUT2D eigenvalue weighted by Crippen LogP contribution is -2.39. The zero-order valence-corrected chi connectivity index (χ0v) is 9.33. The third-order valence-electron chi connectivity index (χ3n) is 1.52. The summed E-state index contributed by atoms with van der Waals surface area (Å²) in [5.74, 6) is -6.04. The predicted molar refractivity (Wildman–Crippen MR) is 55.1 cm³/mol. The highest BCUT2D eigenvalue weighted by Gasteiger charge is 2.29. The first-order chi connectivity index (χ1) is 8.50. The lowest BCUT2D eigenvalue weighted by molar-refractivity contribution is -0.165. The molecule has 0 aliphatic rings. The van der Waals surface area contributed by atoms with E-state index in [2.05, 4.69) is 0 Å². The molecule has 0 aliphatic carbocycles. The predicted octanol–water partition coefficient (Wildman–Crippen LogP) is -3.25. The van der Waals surface area contributed by atoms with Gasteiger partial charge in [0.25, 0.3) is 0 Å². The van der Waals surface area contributed by atoms with E-state index in [0.29, 0.717) is 0 Å². The fourth-order valence-corrected chi connectivity index (χ4v) is 0.546. The Balaban J connectivity index is 0. The Morgan fingerprint density at radius 2 is 1.11 bits per heavy atom. The third kappa shape index (κ3) is 9.46. The van der Waals surface area contributed by atoms with Crippen LogP contribution in [-0.4, -0.2) is 72.8 Å². The molecule has 0 rings (SSSR count). The van der Waals surface area contributed by atoms with Crippen molar-refractivity contribution in [1.82, 2.24) is 0 Å². The van der Waals surface area contributed by atoms with Crippen molar-refractivity contribution in [2.75, 3.05) is 0 Å². The molecule has 0 fully saturated rings.